The Hall–Kier alpha value is -0.610. The molecule has 0 atom stereocenters. The number of carbonyl (C=O) groups is 1. The Kier molecular flexibility index (Phi) is 10.1. The Labute approximate surface area is 168 Å². The fourth-order valence-electron chi connectivity index (χ4n) is 5.06. The summed E-state index contributed by atoms with van der Waals surface area (Å²) in [5.41, 5.74) is 0. The lowest BCUT2D eigenvalue weighted by atomic mass is 9.82. The molecular weight excluding hydrogens is 334 g/mol. The minimum absolute atomic E-state index is 0.154. The van der Waals surface area contributed by atoms with Gasteiger partial charge >= 0.3 is 0 Å². The summed E-state index contributed by atoms with van der Waals surface area (Å²) in [6.45, 7) is 16.4. The number of carbonyl (C=O) groups excluding carboxylic acids is 1. The first kappa shape index (κ1) is 22.7. The number of piperidine rings is 3. The van der Waals surface area contributed by atoms with E-state index in [-0.39, 0.29) is 5.92 Å². The highest BCUT2D eigenvalue weighted by atomic mass is 16.2. The molecule has 3 rings (SSSR count). The van der Waals surface area contributed by atoms with Gasteiger partial charge in [0.1, 0.15) is 0 Å². The van der Waals surface area contributed by atoms with E-state index in [0.29, 0.717) is 5.91 Å². The van der Waals surface area contributed by atoms with Gasteiger partial charge in [-0.15, -0.1) is 0 Å². The Morgan fingerprint density at radius 3 is 1.89 bits per heavy atom. The smallest absolute Gasteiger partial charge is 0.225 e. The topological polar surface area (TPSA) is 35.6 Å². The maximum Gasteiger partial charge on any atom is 0.225 e. The molecule has 27 heavy (non-hydrogen) atoms. The van der Waals surface area contributed by atoms with Crippen LogP contribution in [0.15, 0.2) is 0 Å². The van der Waals surface area contributed by atoms with Gasteiger partial charge < -0.3 is 15.1 Å². The molecular formula is C23H45N3O. The average Bonchev–Trinajstić information content (AvgIpc) is 2.72. The van der Waals surface area contributed by atoms with E-state index in [9.17, 15) is 4.79 Å². The van der Waals surface area contributed by atoms with E-state index in [1.54, 1.807) is 0 Å². The molecule has 0 aromatic carbocycles. The van der Waals surface area contributed by atoms with Crippen molar-refractivity contribution >= 4 is 5.91 Å². The summed E-state index contributed by atoms with van der Waals surface area (Å²) >= 11 is 0. The summed E-state index contributed by atoms with van der Waals surface area (Å²) < 4.78 is 0. The maximum absolute atomic E-state index is 12.1. The molecule has 0 aromatic rings. The molecule has 3 aliphatic heterocycles. The molecule has 0 spiro atoms. The first-order chi connectivity index (χ1) is 13.1. The van der Waals surface area contributed by atoms with Crippen molar-refractivity contribution in [2.75, 3.05) is 45.8 Å². The molecule has 3 aliphatic rings. The number of amides is 1. The lowest BCUT2D eigenvalue weighted by Crippen LogP contribution is -2.42. The van der Waals surface area contributed by atoms with Gasteiger partial charge in [0.15, 0.2) is 0 Å². The van der Waals surface area contributed by atoms with E-state index < -0.39 is 0 Å². The van der Waals surface area contributed by atoms with Crippen LogP contribution in [-0.2, 0) is 4.79 Å². The van der Waals surface area contributed by atoms with Crippen LogP contribution in [0.3, 0.4) is 0 Å². The number of likely N-dealkylation sites (tertiary alicyclic amines) is 2. The lowest BCUT2D eigenvalue weighted by molar-refractivity contribution is -0.135. The average molecular weight is 380 g/mol. The molecule has 0 radical (unpaired) electrons. The molecule has 0 aliphatic carbocycles. The molecule has 0 saturated carbocycles. The van der Waals surface area contributed by atoms with Crippen molar-refractivity contribution in [1.29, 1.82) is 0 Å². The number of hydrogen-bond acceptors (Lipinski definition) is 3. The van der Waals surface area contributed by atoms with Crippen molar-refractivity contribution in [3.8, 4) is 0 Å². The third kappa shape index (κ3) is 7.38. The summed E-state index contributed by atoms with van der Waals surface area (Å²) in [4.78, 5) is 16.9. The summed E-state index contributed by atoms with van der Waals surface area (Å²) in [6.07, 6.45) is 9.40. The van der Waals surface area contributed by atoms with E-state index in [1.165, 1.54) is 77.7 Å². The van der Waals surface area contributed by atoms with E-state index in [1.807, 2.05) is 27.7 Å². The van der Waals surface area contributed by atoms with Crippen molar-refractivity contribution in [1.82, 2.24) is 15.1 Å². The molecule has 1 N–H and O–H groups in total. The molecule has 4 heteroatoms. The quantitative estimate of drug-likeness (QED) is 0.784. The summed E-state index contributed by atoms with van der Waals surface area (Å²) in [5, 5.41) is 3.48. The zero-order chi connectivity index (χ0) is 19.6. The Morgan fingerprint density at radius 1 is 0.852 bits per heavy atom. The summed E-state index contributed by atoms with van der Waals surface area (Å²) in [7, 11) is 0. The Morgan fingerprint density at radius 2 is 1.37 bits per heavy atom. The van der Waals surface area contributed by atoms with Crippen LogP contribution in [0.2, 0.25) is 0 Å². The third-order valence-electron chi connectivity index (χ3n) is 6.77. The van der Waals surface area contributed by atoms with Crippen molar-refractivity contribution in [2.24, 2.45) is 23.7 Å². The second-order valence-corrected chi connectivity index (χ2v) is 9.10. The van der Waals surface area contributed by atoms with Crippen LogP contribution < -0.4 is 5.32 Å². The zero-order valence-corrected chi connectivity index (χ0v) is 18.5. The second-order valence-electron chi connectivity index (χ2n) is 9.10. The highest BCUT2D eigenvalue weighted by Gasteiger charge is 2.28. The van der Waals surface area contributed by atoms with E-state index in [0.717, 1.165) is 30.8 Å². The van der Waals surface area contributed by atoms with Crippen LogP contribution in [0.4, 0.5) is 0 Å². The van der Waals surface area contributed by atoms with Crippen molar-refractivity contribution in [3.63, 3.8) is 0 Å². The van der Waals surface area contributed by atoms with Gasteiger partial charge in [0.05, 0.1) is 0 Å². The van der Waals surface area contributed by atoms with E-state index in [4.69, 9.17) is 0 Å². The zero-order valence-electron chi connectivity index (χ0n) is 18.5. The fraction of sp³-hybridized carbons (Fsp3) is 0.957. The predicted molar refractivity (Wildman–Crippen MR) is 115 cm³/mol. The SMILES string of the molecule is CC.CC(C)C(=O)N1CCC(CC2CCN(CC3CCNCC3)CC2)CC1. The highest BCUT2D eigenvalue weighted by molar-refractivity contribution is 5.78. The molecule has 0 bridgehead atoms. The van der Waals surface area contributed by atoms with Crippen molar-refractivity contribution in [2.45, 2.75) is 72.6 Å². The fourth-order valence-corrected chi connectivity index (χ4v) is 5.06. The summed E-state index contributed by atoms with van der Waals surface area (Å²) in [6, 6.07) is 0. The minimum atomic E-state index is 0.154. The van der Waals surface area contributed by atoms with Gasteiger partial charge in [0.2, 0.25) is 5.91 Å². The number of hydrogen-bond donors (Lipinski definition) is 1. The molecule has 0 aromatic heterocycles. The van der Waals surface area contributed by atoms with Crippen molar-refractivity contribution in [3.05, 3.63) is 0 Å². The van der Waals surface area contributed by atoms with Gasteiger partial charge in [0, 0.05) is 25.6 Å². The van der Waals surface area contributed by atoms with Gasteiger partial charge in [0.25, 0.3) is 0 Å². The monoisotopic (exact) mass is 379 g/mol. The lowest BCUT2D eigenvalue weighted by Gasteiger charge is -2.38. The molecule has 158 valence electrons. The molecule has 3 saturated heterocycles. The van der Waals surface area contributed by atoms with Crippen LogP contribution >= 0.6 is 0 Å². The first-order valence-corrected chi connectivity index (χ1v) is 11.8. The molecule has 3 heterocycles. The first-order valence-electron chi connectivity index (χ1n) is 11.8. The van der Waals surface area contributed by atoms with Gasteiger partial charge in [-0.1, -0.05) is 27.7 Å². The molecule has 3 fully saturated rings. The van der Waals surface area contributed by atoms with Gasteiger partial charge in [-0.2, -0.15) is 0 Å². The van der Waals surface area contributed by atoms with Gasteiger partial charge in [-0.25, -0.2) is 0 Å². The van der Waals surface area contributed by atoms with Crippen LogP contribution in [0.25, 0.3) is 0 Å². The number of rotatable bonds is 5. The summed E-state index contributed by atoms with van der Waals surface area (Å²) in [5.74, 6) is 3.23. The maximum atomic E-state index is 12.1. The van der Waals surface area contributed by atoms with Gasteiger partial charge in [-0.3, -0.25) is 4.79 Å². The van der Waals surface area contributed by atoms with Crippen LogP contribution in [0.1, 0.15) is 72.6 Å². The van der Waals surface area contributed by atoms with Gasteiger partial charge in [-0.05, 0) is 88.9 Å². The van der Waals surface area contributed by atoms with E-state index in [2.05, 4.69) is 15.1 Å². The highest BCUT2D eigenvalue weighted by Crippen LogP contribution is 2.30. The largest absolute Gasteiger partial charge is 0.342 e. The van der Waals surface area contributed by atoms with E-state index >= 15 is 0 Å². The minimum Gasteiger partial charge on any atom is -0.342 e. The van der Waals surface area contributed by atoms with Crippen LogP contribution in [0.5, 0.6) is 0 Å². The van der Waals surface area contributed by atoms with Crippen molar-refractivity contribution < 1.29 is 4.79 Å². The third-order valence-corrected chi connectivity index (χ3v) is 6.77. The predicted octanol–water partition coefficient (Wildman–Crippen LogP) is 4.01. The van der Waals surface area contributed by atoms with Crippen LogP contribution in [0, 0.1) is 23.7 Å². The Bertz CT molecular complexity index is 404. The Balaban J connectivity index is 0.00000126. The second kappa shape index (κ2) is 12.1. The standard InChI is InChI=1S/C21H39N3O.C2H6/c1-17(2)21(25)24-13-7-19(8-14-24)15-18-5-11-23(12-6-18)16-20-3-9-22-10-4-20;1-2/h17-20,22H,3-16H2,1-2H3;1-2H3. The molecule has 1 amide bonds. The number of nitrogens with zero attached hydrogens (tertiary/aromatic N) is 2. The molecule has 0 unspecified atom stereocenters. The van der Waals surface area contributed by atoms with Crippen LogP contribution in [-0.4, -0.2) is 61.5 Å². The normalized spacial score (nSPS) is 24.0. The number of nitrogens with one attached hydrogen (secondary N) is 1. The molecule has 4 nitrogen and oxygen atoms in total.